The molecule has 1 N–H and O–H groups in total. The van der Waals surface area contributed by atoms with Crippen LogP contribution in [0.15, 0.2) is 42.0 Å². The Bertz CT molecular complexity index is 957. The molecule has 1 saturated heterocycles. The highest BCUT2D eigenvalue weighted by Crippen LogP contribution is 2.44. The maximum atomic E-state index is 12.9. The summed E-state index contributed by atoms with van der Waals surface area (Å²) in [6.07, 6.45) is 6.13. The Morgan fingerprint density at radius 1 is 1.22 bits per heavy atom. The summed E-state index contributed by atoms with van der Waals surface area (Å²) in [5.74, 6) is -0.000122. The van der Waals surface area contributed by atoms with Crippen LogP contribution in [0.1, 0.15) is 33.8 Å². The molecule has 0 aromatic carbocycles. The minimum absolute atomic E-state index is 0.000122. The molecule has 0 aliphatic carbocycles. The third-order valence-corrected chi connectivity index (χ3v) is 6.70. The van der Waals surface area contributed by atoms with Crippen LogP contribution in [0.2, 0.25) is 0 Å². The van der Waals surface area contributed by atoms with E-state index in [-0.39, 0.29) is 11.5 Å². The van der Waals surface area contributed by atoms with Gasteiger partial charge in [0.1, 0.15) is 11.3 Å². The summed E-state index contributed by atoms with van der Waals surface area (Å²) in [6, 6.07) is 7.80. The normalized spacial score (nSPS) is 18.4. The first-order valence-electron chi connectivity index (χ1n) is 9.21. The number of hydrogen-bond acceptors (Lipinski definition) is 5. The van der Waals surface area contributed by atoms with Gasteiger partial charge in [0.15, 0.2) is 0 Å². The van der Waals surface area contributed by atoms with Crippen LogP contribution in [0.25, 0.3) is 11.3 Å². The summed E-state index contributed by atoms with van der Waals surface area (Å²) < 4.78 is 6.23. The summed E-state index contributed by atoms with van der Waals surface area (Å²) in [7, 11) is 0. The van der Waals surface area contributed by atoms with E-state index >= 15 is 0 Å². The lowest BCUT2D eigenvalue weighted by molar-refractivity contribution is -0.0906. The van der Waals surface area contributed by atoms with Crippen molar-refractivity contribution in [1.82, 2.24) is 20.1 Å². The molecule has 0 unspecified atom stereocenters. The van der Waals surface area contributed by atoms with Crippen LogP contribution < -0.4 is 0 Å². The second-order valence-electron chi connectivity index (χ2n) is 7.06. The number of fused-ring (bicyclic) bond motifs is 2. The van der Waals surface area contributed by atoms with Crippen molar-refractivity contribution < 1.29 is 9.53 Å². The Morgan fingerprint density at radius 3 is 2.85 bits per heavy atom. The van der Waals surface area contributed by atoms with E-state index in [1.165, 1.54) is 10.4 Å². The smallest absolute Gasteiger partial charge is 0.271 e. The fraction of sp³-hybridized carbons (Fsp3) is 0.350. The van der Waals surface area contributed by atoms with Gasteiger partial charge in [0.05, 0.1) is 12.3 Å². The fourth-order valence-electron chi connectivity index (χ4n) is 4.07. The maximum Gasteiger partial charge on any atom is 0.271 e. The van der Waals surface area contributed by atoms with Gasteiger partial charge >= 0.3 is 0 Å². The lowest BCUT2D eigenvalue weighted by Gasteiger charge is -2.43. The number of amides is 1. The minimum atomic E-state index is -0.200. The standard InChI is InChI=1S/C20H20N4O2S/c25-19(17-13-16(22-23-17)14-1-7-21-8-2-14)24-9-5-20(6-10-24)18-15(3-11-26-20)4-12-27-18/h1-2,4,7-8,12-13H,3,5-6,9-11H2,(H,22,23). The molecule has 1 spiro atoms. The third-order valence-electron chi connectivity index (χ3n) is 5.55. The van der Waals surface area contributed by atoms with E-state index in [0.717, 1.165) is 37.1 Å². The minimum Gasteiger partial charge on any atom is -0.369 e. The molecule has 0 bridgehead atoms. The molecule has 27 heavy (non-hydrogen) atoms. The van der Waals surface area contributed by atoms with E-state index in [1.54, 1.807) is 23.7 Å². The molecule has 2 aliphatic rings. The topological polar surface area (TPSA) is 71.1 Å². The zero-order chi connectivity index (χ0) is 18.3. The summed E-state index contributed by atoms with van der Waals surface area (Å²) in [5.41, 5.74) is 3.45. The number of thiophene rings is 1. The Labute approximate surface area is 161 Å². The number of nitrogens with one attached hydrogen (secondary N) is 1. The predicted octanol–water partition coefficient (Wildman–Crippen LogP) is 3.24. The molecule has 0 saturated carbocycles. The Hall–Kier alpha value is -2.51. The number of nitrogens with zero attached hydrogens (tertiary/aromatic N) is 3. The average Bonchev–Trinajstić information content (AvgIpc) is 3.39. The molecule has 5 heterocycles. The van der Waals surface area contributed by atoms with Crippen molar-refractivity contribution >= 4 is 17.2 Å². The zero-order valence-corrected chi connectivity index (χ0v) is 15.7. The summed E-state index contributed by atoms with van der Waals surface area (Å²) in [4.78, 5) is 20.2. The van der Waals surface area contributed by atoms with Crippen LogP contribution >= 0.6 is 11.3 Å². The second kappa shape index (κ2) is 6.58. The lowest BCUT2D eigenvalue weighted by atomic mass is 9.85. The number of carbonyl (C=O) groups is 1. The number of H-pyrrole nitrogens is 1. The van der Waals surface area contributed by atoms with Gasteiger partial charge in [-0.3, -0.25) is 14.9 Å². The molecule has 138 valence electrons. The van der Waals surface area contributed by atoms with Crippen LogP contribution in [-0.2, 0) is 16.8 Å². The van der Waals surface area contributed by atoms with Gasteiger partial charge in [-0.05, 0) is 54.5 Å². The van der Waals surface area contributed by atoms with Crippen molar-refractivity contribution in [2.24, 2.45) is 0 Å². The maximum absolute atomic E-state index is 12.9. The van der Waals surface area contributed by atoms with Gasteiger partial charge in [-0.1, -0.05) is 0 Å². The summed E-state index contributed by atoms with van der Waals surface area (Å²) in [5, 5.41) is 9.33. The number of aromatic amines is 1. The highest BCUT2D eigenvalue weighted by atomic mass is 32.1. The number of aromatic nitrogens is 3. The van der Waals surface area contributed by atoms with E-state index in [2.05, 4.69) is 26.6 Å². The summed E-state index contributed by atoms with van der Waals surface area (Å²) in [6.45, 7) is 2.16. The first kappa shape index (κ1) is 16.6. The molecule has 5 rings (SSSR count). The van der Waals surface area contributed by atoms with Crippen molar-refractivity contribution in [2.45, 2.75) is 24.9 Å². The largest absolute Gasteiger partial charge is 0.369 e. The van der Waals surface area contributed by atoms with Gasteiger partial charge in [-0.15, -0.1) is 11.3 Å². The van der Waals surface area contributed by atoms with E-state index in [4.69, 9.17) is 4.74 Å². The Kier molecular flexibility index (Phi) is 4.06. The average molecular weight is 380 g/mol. The number of pyridine rings is 1. The number of likely N-dealkylation sites (tertiary alicyclic amines) is 1. The van der Waals surface area contributed by atoms with Gasteiger partial charge in [0.25, 0.3) is 5.91 Å². The molecule has 3 aromatic heterocycles. The number of carbonyl (C=O) groups excluding carboxylic acids is 1. The van der Waals surface area contributed by atoms with E-state index < -0.39 is 0 Å². The van der Waals surface area contributed by atoms with Crippen LogP contribution in [0.4, 0.5) is 0 Å². The number of ether oxygens (including phenoxy) is 1. The second-order valence-corrected chi connectivity index (χ2v) is 7.98. The molecule has 3 aromatic rings. The molecule has 0 radical (unpaired) electrons. The highest BCUT2D eigenvalue weighted by Gasteiger charge is 2.42. The first-order valence-corrected chi connectivity index (χ1v) is 10.1. The molecule has 2 aliphatic heterocycles. The molecular formula is C20H20N4O2S. The molecule has 0 atom stereocenters. The zero-order valence-electron chi connectivity index (χ0n) is 14.9. The van der Waals surface area contributed by atoms with E-state index in [1.807, 2.05) is 23.1 Å². The molecule has 1 fully saturated rings. The lowest BCUT2D eigenvalue weighted by Crippen LogP contribution is -2.48. The van der Waals surface area contributed by atoms with Crippen molar-refractivity contribution in [3.05, 3.63) is 58.2 Å². The van der Waals surface area contributed by atoms with Crippen molar-refractivity contribution in [2.75, 3.05) is 19.7 Å². The monoisotopic (exact) mass is 380 g/mol. The third kappa shape index (κ3) is 2.87. The molecule has 7 heteroatoms. The van der Waals surface area contributed by atoms with Crippen LogP contribution in [0.3, 0.4) is 0 Å². The molecule has 6 nitrogen and oxygen atoms in total. The molecule has 1 amide bonds. The Morgan fingerprint density at radius 2 is 2.04 bits per heavy atom. The van der Waals surface area contributed by atoms with Gasteiger partial charge in [0.2, 0.25) is 0 Å². The molecular weight excluding hydrogens is 360 g/mol. The highest BCUT2D eigenvalue weighted by molar-refractivity contribution is 7.10. The summed E-state index contributed by atoms with van der Waals surface area (Å²) >= 11 is 1.79. The van der Waals surface area contributed by atoms with Crippen molar-refractivity contribution in [3.8, 4) is 11.3 Å². The van der Waals surface area contributed by atoms with E-state index in [0.29, 0.717) is 18.8 Å². The van der Waals surface area contributed by atoms with Crippen molar-refractivity contribution in [3.63, 3.8) is 0 Å². The quantitative estimate of drug-likeness (QED) is 0.741. The Balaban J connectivity index is 1.31. The van der Waals surface area contributed by atoms with Crippen LogP contribution in [0, 0.1) is 0 Å². The van der Waals surface area contributed by atoms with Gasteiger partial charge < -0.3 is 9.64 Å². The van der Waals surface area contributed by atoms with Crippen molar-refractivity contribution in [1.29, 1.82) is 0 Å². The predicted molar refractivity (Wildman–Crippen MR) is 103 cm³/mol. The first-order chi connectivity index (χ1) is 13.3. The number of rotatable bonds is 2. The van der Waals surface area contributed by atoms with Gasteiger partial charge in [-0.2, -0.15) is 5.10 Å². The van der Waals surface area contributed by atoms with E-state index in [9.17, 15) is 4.79 Å². The number of piperidine rings is 1. The fourth-order valence-corrected chi connectivity index (χ4v) is 5.24. The number of hydrogen-bond donors (Lipinski definition) is 1. The van der Waals surface area contributed by atoms with Gasteiger partial charge in [0, 0.05) is 35.9 Å². The van der Waals surface area contributed by atoms with Gasteiger partial charge in [-0.25, -0.2) is 0 Å². The SMILES string of the molecule is O=C(c1cc(-c2ccncc2)n[nH]1)N1CCC2(CC1)OCCc1ccsc12. The van der Waals surface area contributed by atoms with Crippen LogP contribution in [0.5, 0.6) is 0 Å². The van der Waals surface area contributed by atoms with Crippen LogP contribution in [-0.4, -0.2) is 45.7 Å².